The molecule has 10 nitrogen and oxygen atoms in total. The van der Waals surface area contributed by atoms with Crippen LogP contribution in [0.1, 0.15) is 30.6 Å². The number of rotatable bonds is 7. The molecule has 0 bridgehead atoms. The Morgan fingerprint density at radius 3 is 2.35 bits per heavy atom. The predicted octanol–water partition coefficient (Wildman–Crippen LogP) is 3.71. The summed E-state index contributed by atoms with van der Waals surface area (Å²) in [5.74, 6) is -1.06. The van der Waals surface area contributed by atoms with E-state index in [9.17, 15) is 28.1 Å². The van der Waals surface area contributed by atoms with Crippen molar-refractivity contribution in [1.29, 1.82) is 0 Å². The van der Waals surface area contributed by atoms with Gasteiger partial charge in [0, 0.05) is 25.2 Å². The summed E-state index contributed by atoms with van der Waals surface area (Å²) in [5, 5.41) is 13.3. The Labute approximate surface area is 202 Å². The molecule has 0 aliphatic carbocycles. The number of nitro benzene ring substituents is 1. The van der Waals surface area contributed by atoms with Crippen molar-refractivity contribution in [3.63, 3.8) is 0 Å². The number of nitrogens with one attached hydrogen (secondary N) is 1. The lowest BCUT2D eigenvalue weighted by Crippen LogP contribution is -2.42. The number of hydrogen-bond donors (Lipinski definition) is 1. The number of halogens is 1. The second-order valence-corrected chi connectivity index (χ2v) is 10.7. The van der Waals surface area contributed by atoms with Gasteiger partial charge in [0.2, 0.25) is 10.0 Å². The van der Waals surface area contributed by atoms with Crippen molar-refractivity contribution in [1.82, 2.24) is 4.31 Å². The standard InChI is InChI=1S/C22H24ClN3O7S/c1-14-9-15(2)12-25(11-14)34(31,32)18-6-3-16(4-7-18)22(28)33-13-21(27)24-20-10-17(26(29)30)5-8-19(20)23/h3-8,10,14-15H,9,11-13H2,1-2H3,(H,24,27)/t14-,15-/m1/s1. The number of benzene rings is 2. The summed E-state index contributed by atoms with van der Waals surface area (Å²) in [6.07, 6.45) is 0.970. The van der Waals surface area contributed by atoms with E-state index in [1.54, 1.807) is 0 Å². The van der Waals surface area contributed by atoms with Crippen molar-refractivity contribution in [2.75, 3.05) is 25.0 Å². The molecule has 1 amide bonds. The fraction of sp³-hybridized carbons (Fsp3) is 0.364. The van der Waals surface area contributed by atoms with Crippen LogP contribution < -0.4 is 5.32 Å². The number of sulfonamides is 1. The Kier molecular flexibility index (Phi) is 7.90. The monoisotopic (exact) mass is 509 g/mol. The molecule has 2 atom stereocenters. The third-order valence-electron chi connectivity index (χ3n) is 5.33. The van der Waals surface area contributed by atoms with E-state index in [0.717, 1.165) is 12.5 Å². The molecular formula is C22H24ClN3O7S. The van der Waals surface area contributed by atoms with Gasteiger partial charge in [-0.05, 0) is 48.6 Å². The SMILES string of the molecule is C[C@@H]1C[C@@H](C)CN(S(=O)(=O)c2ccc(C(=O)OCC(=O)Nc3cc([N+](=O)[O-])ccc3Cl)cc2)C1. The summed E-state index contributed by atoms with van der Waals surface area (Å²) in [5.41, 5.74) is -0.187. The zero-order valence-electron chi connectivity index (χ0n) is 18.6. The van der Waals surface area contributed by atoms with Crippen LogP contribution in [-0.2, 0) is 19.6 Å². The van der Waals surface area contributed by atoms with Crippen LogP contribution in [0.15, 0.2) is 47.4 Å². The van der Waals surface area contributed by atoms with E-state index in [4.69, 9.17) is 16.3 Å². The van der Waals surface area contributed by atoms with Crippen molar-refractivity contribution < 1.29 is 27.7 Å². The molecule has 0 unspecified atom stereocenters. The number of nitro groups is 1. The van der Waals surface area contributed by atoms with Gasteiger partial charge in [0.1, 0.15) is 0 Å². The minimum absolute atomic E-state index is 0.00725. The molecule has 182 valence electrons. The van der Waals surface area contributed by atoms with E-state index < -0.39 is 33.4 Å². The molecule has 2 aromatic carbocycles. The first-order chi connectivity index (χ1) is 16.0. The van der Waals surface area contributed by atoms with Crippen molar-refractivity contribution in [2.24, 2.45) is 11.8 Å². The topological polar surface area (TPSA) is 136 Å². The van der Waals surface area contributed by atoms with E-state index in [0.29, 0.717) is 13.1 Å². The highest BCUT2D eigenvalue weighted by Gasteiger charge is 2.31. The molecule has 0 saturated carbocycles. The van der Waals surface area contributed by atoms with Crippen molar-refractivity contribution in [3.8, 4) is 0 Å². The number of amides is 1. The quantitative estimate of drug-likeness (QED) is 0.341. The zero-order chi connectivity index (χ0) is 25.0. The van der Waals surface area contributed by atoms with Gasteiger partial charge in [-0.25, -0.2) is 13.2 Å². The third kappa shape index (κ3) is 6.10. The molecule has 1 fully saturated rings. The van der Waals surface area contributed by atoms with Crippen LogP contribution in [0.3, 0.4) is 0 Å². The normalized spacial score (nSPS) is 18.8. The maximum Gasteiger partial charge on any atom is 0.338 e. The Bertz CT molecular complexity index is 1190. The number of ether oxygens (including phenoxy) is 1. The van der Waals surface area contributed by atoms with Crippen molar-refractivity contribution in [3.05, 3.63) is 63.2 Å². The molecule has 1 saturated heterocycles. The first-order valence-electron chi connectivity index (χ1n) is 10.5. The maximum absolute atomic E-state index is 12.9. The minimum Gasteiger partial charge on any atom is -0.452 e. The smallest absolute Gasteiger partial charge is 0.338 e. The van der Waals surface area contributed by atoms with E-state index in [1.807, 2.05) is 13.8 Å². The van der Waals surface area contributed by atoms with Crippen molar-refractivity contribution >= 4 is 44.9 Å². The highest BCUT2D eigenvalue weighted by atomic mass is 35.5. The summed E-state index contributed by atoms with van der Waals surface area (Å²) in [6.45, 7) is 4.25. The molecule has 2 aromatic rings. The van der Waals surface area contributed by atoms with E-state index in [2.05, 4.69) is 5.32 Å². The summed E-state index contributed by atoms with van der Waals surface area (Å²) >= 11 is 5.93. The second kappa shape index (κ2) is 10.5. The summed E-state index contributed by atoms with van der Waals surface area (Å²) in [7, 11) is -3.69. The van der Waals surface area contributed by atoms with Crippen molar-refractivity contribution in [2.45, 2.75) is 25.2 Å². The van der Waals surface area contributed by atoms with Gasteiger partial charge in [-0.3, -0.25) is 14.9 Å². The Balaban J connectivity index is 1.60. The van der Waals surface area contributed by atoms with Gasteiger partial charge < -0.3 is 10.1 Å². The number of non-ortho nitro benzene ring substituents is 1. The van der Waals surface area contributed by atoms with Crippen LogP contribution in [0.2, 0.25) is 5.02 Å². The van der Waals surface area contributed by atoms with E-state index in [1.165, 1.54) is 40.7 Å². The summed E-state index contributed by atoms with van der Waals surface area (Å²) < 4.78 is 32.3. The van der Waals surface area contributed by atoms with Crippen LogP contribution in [0.5, 0.6) is 0 Å². The fourth-order valence-electron chi connectivity index (χ4n) is 3.84. The Hall–Kier alpha value is -3.02. The number of esters is 1. The maximum atomic E-state index is 12.9. The number of hydrogen-bond acceptors (Lipinski definition) is 7. The van der Waals surface area contributed by atoms with Crippen LogP contribution in [0, 0.1) is 22.0 Å². The zero-order valence-corrected chi connectivity index (χ0v) is 20.1. The first-order valence-corrected chi connectivity index (χ1v) is 12.3. The molecular weight excluding hydrogens is 486 g/mol. The van der Waals surface area contributed by atoms with Gasteiger partial charge >= 0.3 is 5.97 Å². The molecule has 1 N–H and O–H groups in total. The average molecular weight is 510 g/mol. The minimum atomic E-state index is -3.69. The number of carbonyl (C=O) groups excluding carboxylic acids is 2. The Morgan fingerprint density at radius 1 is 1.15 bits per heavy atom. The third-order valence-corrected chi connectivity index (χ3v) is 7.51. The number of carbonyl (C=O) groups is 2. The Morgan fingerprint density at radius 2 is 1.76 bits per heavy atom. The molecule has 3 rings (SSSR count). The largest absolute Gasteiger partial charge is 0.452 e. The van der Waals surface area contributed by atoms with E-state index >= 15 is 0 Å². The highest BCUT2D eigenvalue weighted by molar-refractivity contribution is 7.89. The number of nitrogens with zero attached hydrogens (tertiary/aromatic N) is 2. The number of piperidine rings is 1. The van der Waals surface area contributed by atoms with Crippen LogP contribution in [-0.4, -0.2) is 49.2 Å². The average Bonchev–Trinajstić information content (AvgIpc) is 2.78. The van der Waals surface area contributed by atoms with Gasteiger partial charge in [0.25, 0.3) is 11.6 Å². The molecule has 1 aliphatic rings. The first kappa shape index (κ1) is 25.6. The molecule has 1 aliphatic heterocycles. The molecule has 0 spiro atoms. The lowest BCUT2D eigenvalue weighted by atomic mass is 9.94. The second-order valence-electron chi connectivity index (χ2n) is 8.34. The lowest BCUT2D eigenvalue weighted by molar-refractivity contribution is -0.384. The summed E-state index contributed by atoms with van der Waals surface area (Å²) in [4.78, 5) is 34.7. The van der Waals surface area contributed by atoms with Gasteiger partial charge in [-0.15, -0.1) is 0 Å². The van der Waals surface area contributed by atoms with Gasteiger partial charge in [0.05, 0.1) is 26.1 Å². The fourth-order valence-corrected chi connectivity index (χ4v) is 5.68. The van der Waals surface area contributed by atoms with Crippen LogP contribution >= 0.6 is 11.6 Å². The van der Waals surface area contributed by atoms with Gasteiger partial charge in [-0.2, -0.15) is 4.31 Å². The highest BCUT2D eigenvalue weighted by Crippen LogP contribution is 2.28. The summed E-state index contributed by atoms with van der Waals surface area (Å²) in [6, 6.07) is 8.85. The van der Waals surface area contributed by atoms with Gasteiger partial charge in [0.15, 0.2) is 6.61 Å². The molecule has 34 heavy (non-hydrogen) atoms. The van der Waals surface area contributed by atoms with Crippen LogP contribution in [0.4, 0.5) is 11.4 Å². The molecule has 0 aromatic heterocycles. The number of anilines is 1. The van der Waals surface area contributed by atoms with E-state index in [-0.39, 0.29) is 38.7 Å². The molecule has 0 radical (unpaired) electrons. The lowest BCUT2D eigenvalue weighted by Gasteiger charge is -2.34. The van der Waals surface area contributed by atoms with Gasteiger partial charge in [-0.1, -0.05) is 25.4 Å². The molecule has 12 heteroatoms. The molecule has 1 heterocycles. The van der Waals surface area contributed by atoms with Crippen LogP contribution in [0.25, 0.3) is 0 Å². The predicted molar refractivity (Wildman–Crippen MR) is 125 cm³/mol.